The fourth-order valence-corrected chi connectivity index (χ4v) is 3.05. The highest BCUT2D eigenvalue weighted by atomic mass is 16.3. The molecule has 1 aromatic heterocycles. The predicted molar refractivity (Wildman–Crippen MR) is 88.7 cm³/mol. The number of aryl methyl sites for hydroxylation is 1. The number of nitrogens with one attached hydrogen (secondary N) is 1. The number of anilines is 1. The van der Waals surface area contributed by atoms with E-state index in [0.717, 1.165) is 37.6 Å². The Bertz CT molecular complexity index is 602. The van der Waals surface area contributed by atoms with Crippen molar-refractivity contribution in [3.63, 3.8) is 0 Å². The molecule has 1 aromatic carbocycles. The molecule has 0 saturated carbocycles. The van der Waals surface area contributed by atoms with E-state index in [1.807, 2.05) is 31.2 Å². The molecule has 0 spiro atoms. The molecule has 0 amide bonds. The first-order chi connectivity index (χ1) is 10.7. The number of benzene rings is 1. The topological polar surface area (TPSA) is 48.4 Å². The van der Waals surface area contributed by atoms with Gasteiger partial charge in [-0.25, -0.2) is 4.98 Å². The fraction of sp³-hybridized carbons (Fsp3) is 0.389. The number of nitrogens with zero attached hydrogens (tertiary/aromatic N) is 2. The number of aromatic nitrogens is 1. The van der Waals surface area contributed by atoms with Crippen molar-refractivity contribution >= 4 is 5.82 Å². The highest BCUT2D eigenvalue weighted by Crippen LogP contribution is 2.21. The standard InChI is InChI=1S/C18H23N3O/c1-14-6-5-9-18(20-14)19-11-16-10-17(22)13-21(16)12-15-7-3-2-4-8-15/h2-9,16-17,22H,10-13H2,1H3,(H,19,20)/t16-,17+/m0/s1. The molecular weight excluding hydrogens is 274 g/mol. The van der Waals surface area contributed by atoms with Crippen LogP contribution in [0.2, 0.25) is 0 Å². The van der Waals surface area contributed by atoms with E-state index < -0.39 is 0 Å². The highest BCUT2D eigenvalue weighted by molar-refractivity contribution is 5.35. The molecule has 4 nitrogen and oxygen atoms in total. The molecule has 2 heterocycles. The molecule has 0 bridgehead atoms. The largest absolute Gasteiger partial charge is 0.392 e. The van der Waals surface area contributed by atoms with Gasteiger partial charge >= 0.3 is 0 Å². The van der Waals surface area contributed by atoms with Gasteiger partial charge in [0.1, 0.15) is 5.82 Å². The second-order valence-electron chi connectivity index (χ2n) is 6.00. The van der Waals surface area contributed by atoms with E-state index in [0.29, 0.717) is 6.04 Å². The molecule has 3 rings (SSSR count). The van der Waals surface area contributed by atoms with Crippen molar-refractivity contribution in [3.05, 3.63) is 59.8 Å². The Balaban J connectivity index is 1.61. The molecule has 2 atom stereocenters. The van der Waals surface area contributed by atoms with Crippen molar-refractivity contribution in [1.82, 2.24) is 9.88 Å². The van der Waals surface area contributed by atoms with Crippen LogP contribution in [-0.4, -0.2) is 40.2 Å². The van der Waals surface area contributed by atoms with E-state index >= 15 is 0 Å². The Labute approximate surface area is 131 Å². The average Bonchev–Trinajstić information content (AvgIpc) is 2.86. The summed E-state index contributed by atoms with van der Waals surface area (Å²) in [6.07, 6.45) is 0.576. The molecule has 0 radical (unpaired) electrons. The van der Waals surface area contributed by atoms with Crippen molar-refractivity contribution < 1.29 is 5.11 Å². The summed E-state index contributed by atoms with van der Waals surface area (Å²) in [6.45, 7) is 4.42. The zero-order valence-electron chi connectivity index (χ0n) is 12.9. The SMILES string of the molecule is Cc1cccc(NC[C@@H]2C[C@@H](O)CN2Cc2ccccc2)n1. The minimum absolute atomic E-state index is 0.235. The normalized spacial score (nSPS) is 21.9. The third-order valence-electron chi connectivity index (χ3n) is 4.14. The zero-order valence-corrected chi connectivity index (χ0v) is 12.9. The van der Waals surface area contributed by atoms with E-state index in [9.17, 15) is 5.11 Å². The van der Waals surface area contributed by atoms with Gasteiger partial charge in [-0.05, 0) is 31.0 Å². The van der Waals surface area contributed by atoms with Crippen LogP contribution in [0, 0.1) is 6.92 Å². The molecule has 1 aliphatic rings. The number of hydrogen-bond donors (Lipinski definition) is 2. The van der Waals surface area contributed by atoms with Gasteiger partial charge in [0.05, 0.1) is 6.10 Å². The molecule has 22 heavy (non-hydrogen) atoms. The maximum absolute atomic E-state index is 10.0. The van der Waals surface area contributed by atoms with Gasteiger partial charge in [-0.1, -0.05) is 36.4 Å². The first kappa shape index (κ1) is 15.0. The number of pyridine rings is 1. The van der Waals surface area contributed by atoms with Gasteiger partial charge in [0.25, 0.3) is 0 Å². The predicted octanol–water partition coefficient (Wildman–Crippen LogP) is 2.44. The number of aliphatic hydroxyl groups is 1. The molecule has 0 unspecified atom stereocenters. The van der Waals surface area contributed by atoms with Gasteiger partial charge in [0, 0.05) is 31.4 Å². The van der Waals surface area contributed by atoms with Crippen LogP contribution in [0.3, 0.4) is 0 Å². The van der Waals surface area contributed by atoms with E-state index in [1.165, 1.54) is 5.56 Å². The lowest BCUT2D eigenvalue weighted by Gasteiger charge is -2.24. The lowest BCUT2D eigenvalue weighted by molar-refractivity contribution is 0.173. The van der Waals surface area contributed by atoms with Crippen LogP contribution in [0.4, 0.5) is 5.82 Å². The third kappa shape index (κ3) is 3.84. The summed E-state index contributed by atoms with van der Waals surface area (Å²) >= 11 is 0. The minimum atomic E-state index is -0.235. The van der Waals surface area contributed by atoms with Crippen LogP contribution in [0.15, 0.2) is 48.5 Å². The van der Waals surface area contributed by atoms with Crippen molar-refractivity contribution in [3.8, 4) is 0 Å². The quantitative estimate of drug-likeness (QED) is 0.890. The van der Waals surface area contributed by atoms with Crippen molar-refractivity contribution in [1.29, 1.82) is 0 Å². The number of likely N-dealkylation sites (tertiary alicyclic amines) is 1. The van der Waals surface area contributed by atoms with E-state index in [1.54, 1.807) is 0 Å². The van der Waals surface area contributed by atoms with Gasteiger partial charge in [-0.3, -0.25) is 4.90 Å². The highest BCUT2D eigenvalue weighted by Gasteiger charge is 2.30. The lowest BCUT2D eigenvalue weighted by Crippen LogP contribution is -2.34. The van der Waals surface area contributed by atoms with Crippen molar-refractivity contribution in [2.24, 2.45) is 0 Å². The minimum Gasteiger partial charge on any atom is -0.392 e. The number of hydrogen-bond acceptors (Lipinski definition) is 4. The Morgan fingerprint density at radius 3 is 2.77 bits per heavy atom. The summed E-state index contributed by atoms with van der Waals surface area (Å²) in [6, 6.07) is 16.7. The number of rotatable bonds is 5. The summed E-state index contributed by atoms with van der Waals surface area (Å²) < 4.78 is 0. The van der Waals surface area contributed by atoms with Gasteiger partial charge in [0.2, 0.25) is 0 Å². The Morgan fingerprint density at radius 2 is 2.00 bits per heavy atom. The summed E-state index contributed by atoms with van der Waals surface area (Å²) in [7, 11) is 0. The first-order valence-electron chi connectivity index (χ1n) is 7.84. The number of aliphatic hydroxyl groups excluding tert-OH is 1. The third-order valence-corrected chi connectivity index (χ3v) is 4.14. The maximum atomic E-state index is 10.0. The van der Waals surface area contributed by atoms with Gasteiger partial charge in [0.15, 0.2) is 0 Å². The van der Waals surface area contributed by atoms with E-state index in [4.69, 9.17) is 0 Å². The molecule has 2 aromatic rings. The number of β-amino-alcohol motifs (C(OH)–C–C–N with tert-alkyl or cyclic N) is 1. The Morgan fingerprint density at radius 1 is 1.18 bits per heavy atom. The Kier molecular flexibility index (Phi) is 4.71. The summed E-state index contributed by atoms with van der Waals surface area (Å²) in [5, 5.41) is 13.4. The van der Waals surface area contributed by atoms with Crippen LogP contribution in [0.25, 0.3) is 0 Å². The molecule has 2 N–H and O–H groups in total. The molecule has 1 fully saturated rings. The zero-order chi connectivity index (χ0) is 15.4. The molecule has 1 aliphatic heterocycles. The van der Waals surface area contributed by atoms with Gasteiger partial charge in [-0.15, -0.1) is 0 Å². The second kappa shape index (κ2) is 6.90. The maximum Gasteiger partial charge on any atom is 0.126 e. The van der Waals surface area contributed by atoms with Crippen molar-refractivity contribution in [2.75, 3.05) is 18.4 Å². The van der Waals surface area contributed by atoms with Gasteiger partial charge in [-0.2, -0.15) is 0 Å². The summed E-state index contributed by atoms with van der Waals surface area (Å²) in [4.78, 5) is 6.82. The van der Waals surface area contributed by atoms with Crippen LogP contribution < -0.4 is 5.32 Å². The monoisotopic (exact) mass is 297 g/mol. The average molecular weight is 297 g/mol. The van der Waals surface area contributed by atoms with E-state index in [2.05, 4.69) is 39.5 Å². The second-order valence-corrected chi connectivity index (χ2v) is 6.00. The Hall–Kier alpha value is -1.91. The van der Waals surface area contributed by atoms with Crippen LogP contribution in [0.1, 0.15) is 17.7 Å². The summed E-state index contributed by atoms with van der Waals surface area (Å²) in [5.41, 5.74) is 2.30. The smallest absolute Gasteiger partial charge is 0.126 e. The van der Waals surface area contributed by atoms with Gasteiger partial charge < -0.3 is 10.4 Å². The van der Waals surface area contributed by atoms with Crippen LogP contribution >= 0.6 is 0 Å². The molecule has 0 aliphatic carbocycles. The molecule has 1 saturated heterocycles. The molecule has 116 valence electrons. The first-order valence-corrected chi connectivity index (χ1v) is 7.84. The summed E-state index contributed by atoms with van der Waals surface area (Å²) in [5.74, 6) is 0.904. The fourth-order valence-electron chi connectivity index (χ4n) is 3.05. The van der Waals surface area contributed by atoms with E-state index in [-0.39, 0.29) is 6.10 Å². The van der Waals surface area contributed by atoms with Crippen molar-refractivity contribution in [2.45, 2.75) is 32.0 Å². The lowest BCUT2D eigenvalue weighted by atomic mass is 10.1. The van der Waals surface area contributed by atoms with Crippen LogP contribution in [0.5, 0.6) is 0 Å². The molecular formula is C18H23N3O. The van der Waals surface area contributed by atoms with Crippen LogP contribution in [-0.2, 0) is 6.54 Å². The molecule has 4 heteroatoms.